The third-order valence-corrected chi connectivity index (χ3v) is 10.8. The van der Waals surface area contributed by atoms with Gasteiger partial charge >= 0.3 is 0 Å². The quantitative estimate of drug-likeness (QED) is 0.196. The molecule has 0 unspecified atom stereocenters. The molecule has 8 rings (SSSR count). The number of carbonyl (C=O) groups is 2. The second-order valence-corrected chi connectivity index (χ2v) is 14.2. The predicted octanol–water partition coefficient (Wildman–Crippen LogP) is 6.38. The number of aryl methyl sites for hydroxylation is 3. The molecule has 48 heavy (non-hydrogen) atoms. The first-order valence-electron chi connectivity index (χ1n) is 17.2. The fourth-order valence-corrected chi connectivity index (χ4v) is 7.94. The Morgan fingerprint density at radius 2 is 1.79 bits per heavy atom. The van der Waals surface area contributed by atoms with E-state index in [1.54, 1.807) is 0 Å². The maximum absolute atomic E-state index is 15.0. The highest BCUT2D eigenvalue weighted by Gasteiger charge is 2.52. The summed E-state index contributed by atoms with van der Waals surface area (Å²) in [5, 5.41) is 13.2. The van der Waals surface area contributed by atoms with Crippen molar-refractivity contribution in [2.45, 2.75) is 88.7 Å². The smallest absolute Gasteiger partial charge is 0.258 e. The van der Waals surface area contributed by atoms with Gasteiger partial charge in [-0.1, -0.05) is 54.6 Å². The second-order valence-electron chi connectivity index (χ2n) is 14.2. The van der Waals surface area contributed by atoms with Gasteiger partial charge in [0, 0.05) is 42.0 Å². The van der Waals surface area contributed by atoms with Crippen LogP contribution in [0.25, 0.3) is 22.3 Å². The Morgan fingerprint density at radius 3 is 2.46 bits per heavy atom. The molecule has 4 aromatic rings. The summed E-state index contributed by atoms with van der Waals surface area (Å²) in [7, 11) is 0. The van der Waals surface area contributed by atoms with Crippen LogP contribution in [0.5, 0.6) is 0 Å². The van der Waals surface area contributed by atoms with Crippen molar-refractivity contribution in [2.24, 2.45) is 0 Å². The number of nitrogens with one attached hydrogen (secondary N) is 3. The molecule has 3 N–H and O–H groups in total. The van der Waals surface area contributed by atoms with Gasteiger partial charge in [-0.2, -0.15) is 5.10 Å². The number of carbonyl (C=O) groups excluding carboxylic acids is 2. The number of amides is 2. The lowest BCUT2D eigenvalue weighted by Crippen LogP contribution is -2.51. The number of benzene rings is 3. The number of ether oxygens (including phenoxy) is 1. The molecule has 1 aromatic heterocycles. The number of hydrogen-bond acceptors (Lipinski definition) is 5. The molecule has 0 radical (unpaired) electrons. The minimum absolute atomic E-state index is 0.190. The maximum Gasteiger partial charge on any atom is 0.258 e. The van der Waals surface area contributed by atoms with Gasteiger partial charge in [-0.25, -0.2) is 4.39 Å². The molecule has 9 heteroatoms. The third-order valence-electron chi connectivity index (χ3n) is 10.8. The molecule has 248 valence electrons. The molecule has 2 saturated heterocycles. The molecule has 3 heterocycles. The minimum Gasteiger partial charge on any atom is -0.375 e. The van der Waals surface area contributed by atoms with Gasteiger partial charge in [-0.15, -0.1) is 0 Å². The fourth-order valence-electron chi connectivity index (χ4n) is 7.94. The number of nitrogens with zero attached hydrogens (tertiary/aromatic N) is 2. The molecule has 2 amide bonds. The molecule has 1 saturated carbocycles. The Hall–Kier alpha value is -4.34. The topological polar surface area (TPSA) is 99.3 Å². The molecule has 8 nitrogen and oxygen atoms in total. The highest BCUT2D eigenvalue weighted by atomic mass is 19.1. The molecule has 4 aliphatic rings. The first-order chi connectivity index (χ1) is 23.2. The van der Waals surface area contributed by atoms with Crippen LogP contribution in [0.1, 0.15) is 66.1 Å². The van der Waals surface area contributed by atoms with E-state index in [-0.39, 0.29) is 24.7 Å². The number of morpholine rings is 1. The number of anilines is 1. The summed E-state index contributed by atoms with van der Waals surface area (Å²) >= 11 is 0. The van der Waals surface area contributed by atoms with E-state index in [4.69, 9.17) is 4.74 Å². The van der Waals surface area contributed by atoms with Crippen molar-refractivity contribution in [1.82, 2.24) is 20.4 Å². The standard InChI is InChI=1S/C39H42FN5O3/c1-23-35(24(2)44-43-23)28-12-14-30(15-13-28)41-37(46)36(42-38(47)39(40)16-17-39)33-5-3-4-27-10-11-29(18-34(27)33)26-8-6-25(7-9-26)20-45-21-32-19-31(45)22-48-32/h6-15,18,31-33,36H,3-5,16-17,19-22H2,1-2H3,(H,41,46)(H,42,47)(H,43,44)/t31-,32-,33-,36+/m1/s1. The maximum atomic E-state index is 15.0. The number of alkyl halides is 1. The lowest BCUT2D eigenvalue weighted by atomic mass is 9.77. The summed E-state index contributed by atoms with van der Waals surface area (Å²) in [5.41, 5.74) is 8.30. The predicted molar refractivity (Wildman–Crippen MR) is 183 cm³/mol. The Balaban J connectivity index is 1.04. The van der Waals surface area contributed by atoms with Crippen molar-refractivity contribution in [3.63, 3.8) is 0 Å². The van der Waals surface area contributed by atoms with E-state index in [2.05, 4.69) is 68.2 Å². The Bertz CT molecular complexity index is 1830. The van der Waals surface area contributed by atoms with E-state index in [9.17, 15) is 14.0 Å². The van der Waals surface area contributed by atoms with Gasteiger partial charge in [-0.3, -0.25) is 19.6 Å². The number of H-pyrrole nitrogens is 1. The second kappa shape index (κ2) is 12.3. The molecule has 2 aliphatic carbocycles. The number of aromatic amines is 1. The van der Waals surface area contributed by atoms with Crippen LogP contribution in [0.15, 0.2) is 66.7 Å². The van der Waals surface area contributed by atoms with E-state index < -0.39 is 17.6 Å². The number of aromatic nitrogens is 2. The van der Waals surface area contributed by atoms with Crippen LogP contribution in [-0.2, 0) is 27.3 Å². The van der Waals surface area contributed by atoms with Gasteiger partial charge in [0.15, 0.2) is 5.67 Å². The molecule has 3 fully saturated rings. The van der Waals surface area contributed by atoms with E-state index in [1.807, 2.05) is 38.1 Å². The van der Waals surface area contributed by atoms with Gasteiger partial charge in [0.25, 0.3) is 5.91 Å². The van der Waals surface area contributed by atoms with Crippen molar-refractivity contribution >= 4 is 17.5 Å². The van der Waals surface area contributed by atoms with Crippen LogP contribution in [0.3, 0.4) is 0 Å². The van der Waals surface area contributed by atoms with Crippen molar-refractivity contribution in [2.75, 3.05) is 18.5 Å². The molecule has 0 spiro atoms. The first-order valence-corrected chi connectivity index (χ1v) is 17.2. The zero-order chi connectivity index (χ0) is 33.0. The normalized spacial score (nSPS) is 23.0. The lowest BCUT2D eigenvalue weighted by molar-refractivity contribution is -0.131. The monoisotopic (exact) mass is 647 g/mol. The van der Waals surface area contributed by atoms with E-state index in [0.29, 0.717) is 24.3 Å². The Morgan fingerprint density at radius 1 is 1.04 bits per heavy atom. The molecular weight excluding hydrogens is 605 g/mol. The summed E-state index contributed by atoms with van der Waals surface area (Å²) < 4.78 is 20.7. The van der Waals surface area contributed by atoms with Crippen LogP contribution in [0.2, 0.25) is 0 Å². The van der Waals surface area contributed by atoms with Crippen molar-refractivity contribution in [3.8, 4) is 22.3 Å². The summed E-state index contributed by atoms with van der Waals surface area (Å²) in [4.78, 5) is 29.6. The number of hydrogen-bond donors (Lipinski definition) is 3. The van der Waals surface area contributed by atoms with Gasteiger partial charge in [0.05, 0.1) is 18.4 Å². The molecule has 4 atom stereocenters. The highest BCUT2D eigenvalue weighted by molar-refractivity contribution is 6.00. The average Bonchev–Trinajstić information content (AvgIpc) is 3.36. The zero-order valence-electron chi connectivity index (χ0n) is 27.5. The van der Waals surface area contributed by atoms with Gasteiger partial charge in [0.1, 0.15) is 6.04 Å². The van der Waals surface area contributed by atoms with Crippen molar-refractivity contribution in [1.29, 1.82) is 0 Å². The van der Waals surface area contributed by atoms with Crippen LogP contribution in [-0.4, -0.2) is 63.9 Å². The lowest BCUT2D eigenvalue weighted by Gasteiger charge is -2.33. The summed E-state index contributed by atoms with van der Waals surface area (Å²) in [6.07, 6.45) is 4.40. The van der Waals surface area contributed by atoms with Crippen molar-refractivity contribution < 1.29 is 18.7 Å². The van der Waals surface area contributed by atoms with Crippen molar-refractivity contribution in [3.05, 3.63) is 94.8 Å². The van der Waals surface area contributed by atoms with Gasteiger partial charge < -0.3 is 15.4 Å². The molecular formula is C39H42FN5O3. The van der Waals surface area contributed by atoms with Crippen LogP contribution in [0.4, 0.5) is 10.1 Å². The van der Waals surface area contributed by atoms with Gasteiger partial charge in [0.2, 0.25) is 5.91 Å². The number of halogens is 1. The summed E-state index contributed by atoms with van der Waals surface area (Å²) in [5.74, 6) is -1.33. The highest BCUT2D eigenvalue weighted by Crippen LogP contribution is 2.42. The van der Waals surface area contributed by atoms with E-state index >= 15 is 0 Å². The largest absolute Gasteiger partial charge is 0.375 e. The van der Waals surface area contributed by atoms with E-state index in [0.717, 1.165) is 78.2 Å². The third kappa shape index (κ3) is 5.94. The van der Waals surface area contributed by atoms with Gasteiger partial charge in [-0.05, 0) is 97.9 Å². The minimum atomic E-state index is -1.89. The Labute approximate surface area is 280 Å². The molecule has 2 bridgehead atoms. The average molecular weight is 648 g/mol. The summed E-state index contributed by atoms with van der Waals surface area (Å²) in [6, 6.07) is 22.4. The number of likely N-dealkylation sites (tertiary alicyclic amines) is 1. The fraction of sp³-hybridized carbons (Fsp3) is 0.410. The Kier molecular flexibility index (Phi) is 7.92. The molecule has 3 aromatic carbocycles. The number of fused-ring (bicyclic) bond motifs is 3. The van der Waals surface area contributed by atoms with Crippen LogP contribution in [0, 0.1) is 13.8 Å². The van der Waals surface area contributed by atoms with Crippen LogP contribution >= 0.6 is 0 Å². The van der Waals surface area contributed by atoms with E-state index in [1.165, 1.54) is 11.1 Å². The molecule has 2 aliphatic heterocycles. The SMILES string of the molecule is Cc1n[nH]c(C)c1-c1ccc(NC(=O)[C@@H](NC(=O)C2(F)CC2)[C@@H]2CCCc3ccc(-c4ccc(CN5C[C@H]6C[C@@H]5CO6)cc4)cc32)cc1. The number of rotatable bonds is 9. The zero-order valence-corrected chi connectivity index (χ0v) is 27.5. The summed E-state index contributed by atoms with van der Waals surface area (Å²) in [6.45, 7) is 6.70. The van der Waals surface area contributed by atoms with Crippen LogP contribution < -0.4 is 10.6 Å². The first kappa shape index (κ1) is 31.0.